The van der Waals surface area contributed by atoms with Crippen molar-refractivity contribution in [1.82, 2.24) is 0 Å². The summed E-state index contributed by atoms with van der Waals surface area (Å²) in [5, 5.41) is 2.77. The third kappa shape index (κ3) is 17.9. The zero-order valence-electron chi connectivity index (χ0n) is 23.5. The number of rotatable bonds is 14. The summed E-state index contributed by atoms with van der Waals surface area (Å²) in [5.74, 6) is 0. The average molecular weight is 796 g/mol. The van der Waals surface area contributed by atoms with E-state index < -0.39 is 16.4 Å². The van der Waals surface area contributed by atoms with E-state index in [9.17, 15) is 0 Å². The van der Waals surface area contributed by atoms with Crippen molar-refractivity contribution in [1.29, 1.82) is 0 Å². The molecule has 0 saturated carbocycles. The van der Waals surface area contributed by atoms with Crippen LogP contribution in [0.5, 0.6) is 0 Å². The molecular formula is C34H51Br3MgOSi2. The first-order valence-electron chi connectivity index (χ1n) is 12.4. The van der Waals surface area contributed by atoms with Crippen LogP contribution >= 0.6 is 31.9 Å². The Morgan fingerprint density at radius 1 is 0.659 bits per heavy atom. The maximum atomic E-state index is 6.12. The quantitative estimate of drug-likeness (QED) is 0.109. The normalized spacial score (nSPS) is 9.44. The molecule has 41 heavy (non-hydrogen) atoms. The van der Waals surface area contributed by atoms with Gasteiger partial charge in [0.2, 0.25) is 8.32 Å². The van der Waals surface area contributed by atoms with E-state index in [1.807, 2.05) is 37.3 Å². The Kier molecular flexibility index (Phi) is 35.9. The molecule has 0 spiro atoms. The van der Waals surface area contributed by atoms with Crippen LogP contribution in [0.4, 0.5) is 0 Å². The Bertz CT molecular complexity index is 940. The van der Waals surface area contributed by atoms with Crippen molar-refractivity contribution >= 4 is 81.7 Å². The molecule has 0 aromatic heterocycles. The molecule has 1 nitrogen and oxygen atoms in total. The second-order valence-electron chi connectivity index (χ2n) is 8.47. The van der Waals surface area contributed by atoms with Crippen LogP contribution in [0.15, 0.2) is 133 Å². The molecule has 0 bridgehead atoms. The molecule has 0 aliphatic heterocycles. The van der Waals surface area contributed by atoms with E-state index in [-0.39, 0.29) is 54.9 Å². The molecule has 2 aromatic rings. The van der Waals surface area contributed by atoms with Crippen LogP contribution in [0.25, 0.3) is 0 Å². The van der Waals surface area contributed by atoms with Crippen LogP contribution < -0.4 is 27.4 Å². The van der Waals surface area contributed by atoms with Crippen LogP contribution in [-0.2, 0) is 4.43 Å². The van der Waals surface area contributed by atoms with Crippen LogP contribution in [0, 0.1) is 6.92 Å². The maximum Gasteiger partial charge on any atom is 2.00 e. The summed E-state index contributed by atoms with van der Waals surface area (Å²) < 4.78 is 8.34. The summed E-state index contributed by atoms with van der Waals surface area (Å²) in [6.45, 7) is 28.7. The third-order valence-electron chi connectivity index (χ3n) is 5.80. The van der Waals surface area contributed by atoms with Crippen molar-refractivity contribution in [2.75, 3.05) is 6.61 Å². The SMILES string of the molecule is C.C.C=CC[Si](CC=C)(CC=C)c1ccc(Br)cc1.C=CC[Si](CC=C)(OCC)c1ccc(Br)cc1.C=C[CH2-].[Br-].[Mg+2]. The zero-order valence-corrected chi connectivity index (χ0v) is 31.7. The largest absolute Gasteiger partial charge is 2.00 e. The van der Waals surface area contributed by atoms with E-state index in [0.717, 1.165) is 45.8 Å². The Morgan fingerprint density at radius 2 is 0.951 bits per heavy atom. The van der Waals surface area contributed by atoms with Crippen molar-refractivity contribution < 1.29 is 21.4 Å². The first kappa shape index (κ1) is 50.0. The van der Waals surface area contributed by atoms with E-state index in [1.165, 1.54) is 16.4 Å². The van der Waals surface area contributed by atoms with Gasteiger partial charge in [-0.15, -0.1) is 32.9 Å². The Labute approximate surface area is 299 Å². The standard InChI is InChI=1S/C15H19BrSi.C14H19BrOSi.C3H5.2CH4.BrH.Mg/c1-4-11-17(12-5-2,13-6-3)15-9-7-14(16)8-10-15;1-4-11-17(12-5-2,16-6-3)14-9-7-13(15)8-10-14;1-3-2;;;;/h4-10H,1-3,11-13H2;4-5,7-10H,1-2,6,11-12H2,3H3;3H,1-2H2;2*1H4;1H;/q;;-1;;;;+2/p-1. The summed E-state index contributed by atoms with van der Waals surface area (Å²) in [5.41, 5.74) is 0. The molecule has 0 aliphatic rings. The van der Waals surface area contributed by atoms with E-state index in [2.05, 4.69) is 127 Å². The number of hydrogen-bond acceptors (Lipinski definition) is 1. The van der Waals surface area contributed by atoms with Gasteiger partial charge in [0.15, 0.2) is 0 Å². The zero-order chi connectivity index (χ0) is 28.2. The molecule has 0 radical (unpaired) electrons. The molecule has 2 aromatic carbocycles. The van der Waals surface area contributed by atoms with Crippen LogP contribution in [0.1, 0.15) is 21.8 Å². The van der Waals surface area contributed by atoms with Gasteiger partial charge in [0, 0.05) is 15.6 Å². The van der Waals surface area contributed by atoms with Gasteiger partial charge in [-0.1, -0.05) is 107 Å². The van der Waals surface area contributed by atoms with Crippen LogP contribution in [0.3, 0.4) is 0 Å². The fourth-order valence-corrected chi connectivity index (χ4v) is 11.8. The van der Waals surface area contributed by atoms with E-state index in [1.54, 1.807) is 0 Å². The molecule has 0 amide bonds. The van der Waals surface area contributed by atoms with E-state index in [0.29, 0.717) is 0 Å². The van der Waals surface area contributed by atoms with Gasteiger partial charge in [-0.3, -0.25) is 0 Å². The molecule has 0 fully saturated rings. The molecule has 0 saturated heterocycles. The third-order valence-corrected chi connectivity index (χ3v) is 15.7. The van der Waals surface area contributed by atoms with Gasteiger partial charge in [-0.05, 0) is 66.6 Å². The van der Waals surface area contributed by atoms with Gasteiger partial charge in [-0.25, -0.2) is 19.6 Å². The predicted molar refractivity (Wildman–Crippen MR) is 200 cm³/mol. The minimum Gasteiger partial charge on any atom is -1.00 e. The molecule has 0 unspecified atom stereocenters. The maximum absolute atomic E-state index is 6.12. The molecule has 224 valence electrons. The summed E-state index contributed by atoms with van der Waals surface area (Å²) in [7, 11) is -3.52. The number of allylic oxidation sites excluding steroid dienone is 6. The Hall–Kier alpha value is -0.650. The van der Waals surface area contributed by atoms with Gasteiger partial charge in [0.05, 0.1) is 8.07 Å². The molecular weight excluding hydrogens is 745 g/mol. The van der Waals surface area contributed by atoms with Gasteiger partial charge in [0.1, 0.15) is 0 Å². The molecule has 0 N–H and O–H groups in total. The molecule has 2 rings (SSSR count). The first-order valence-corrected chi connectivity index (χ1v) is 18.9. The van der Waals surface area contributed by atoms with Crippen LogP contribution in [0.2, 0.25) is 30.2 Å². The van der Waals surface area contributed by atoms with E-state index >= 15 is 0 Å². The Balaban J connectivity index is -0.000000176. The fraction of sp³-hybridized carbons (Fsp3) is 0.265. The van der Waals surface area contributed by atoms with Gasteiger partial charge in [0.25, 0.3) is 0 Å². The van der Waals surface area contributed by atoms with Crippen molar-refractivity contribution in [3.05, 3.63) is 140 Å². The number of hydrogen-bond donors (Lipinski definition) is 0. The van der Waals surface area contributed by atoms with Gasteiger partial charge in [-0.2, -0.15) is 0 Å². The second-order valence-corrected chi connectivity index (χ2v) is 18.3. The predicted octanol–water partition coefficient (Wildman–Crippen LogP) is 7.57. The summed E-state index contributed by atoms with van der Waals surface area (Å²) in [4.78, 5) is 0. The van der Waals surface area contributed by atoms with Crippen LogP contribution in [-0.4, -0.2) is 46.1 Å². The minimum atomic E-state index is -1.95. The number of halogens is 3. The minimum absolute atomic E-state index is 0. The summed E-state index contributed by atoms with van der Waals surface area (Å²) in [6.07, 6.45) is 11.6. The van der Waals surface area contributed by atoms with Gasteiger partial charge < -0.3 is 21.4 Å². The molecule has 7 heteroatoms. The van der Waals surface area contributed by atoms with Gasteiger partial charge >= 0.3 is 23.1 Å². The Morgan fingerprint density at radius 3 is 1.22 bits per heavy atom. The first-order chi connectivity index (χ1) is 17.8. The fourth-order valence-electron chi connectivity index (χ4n) is 4.25. The second kappa shape index (κ2) is 29.4. The van der Waals surface area contributed by atoms with Crippen molar-refractivity contribution in [3.8, 4) is 0 Å². The van der Waals surface area contributed by atoms with Crippen molar-refractivity contribution in [3.63, 3.8) is 0 Å². The summed E-state index contributed by atoms with van der Waals surface area (Å²) >= 11 is 6.95. The molecule has 0 atom stereocenters. The monoisotopic (exact) mass is 792 g/mol. The average Bonchev–Trinajstić information content (AvgIpc) is 2.86. The van der Waals surface area contributed by atoms with Crippen molar-refractivity contribution in [2.45, 2.75) is 52.0 Å². The van der Waals surface area contributed by atoms with E-state index in [4.69, 9.17) is 4.43 Å². The summed E-state index contributed by atoms with van der Waals surface area (Å²) in [6, 6.07) is 22.2. The number of benzene rings is 2. The molecule has 0 heterocycles. The molecule has 0 aliphatic carbocycles. The van der Waals surface area contributed by atoms with Crippen molar-refractivity contribution in [2.24, 2.45) is 0 Å². The topological polar surface area (TPSA) is 9.23 Å². The smallest absolute Gasteiger partial charge is 1.00 e.